The molecule has 0 spiro atoms. The van der Waals surface area contributed by atoms with Crippen LogP contribution in [-0.2, 0) is 14.3 Å². The Bertz CT molecular complexity index is 511. The Morgan fingerprint density at radius 1 is 1.13 bits per heavy atom. The van der Waals surface area contributed by atoms with Gasteiger partial charge in [0.2, 0.25) is 0 Å². The summed E-state index contributed by atoms with van der Waals surface area (Å²) in [6.07, 6.45) is 6.35. The molecule has 1 saturated heterocycles. The van der Waals surface area contributed by atoms with Crippen LogP contribution in [0.4, 0.5) is 0 Å². The second-order valence-corrected chi connectivity index (χ2v) is 8.55. The van der Waals surface area contributed by atoms with E-state index >= 15 is 0 Å². The predicted octanol–water partition coefficient (Wildman–Crippen LogP) is 1.87. The zero-order chi connectivity index (χ0) is 16.2. The first kappa shape index (κ1) is 15.4. The summed E-state index contributed by atoms with van der Waals surface area (Å²) in [5.74, 6) is 0.571. The standard InChI is InChI=1S/C18H27NO4/c1-12(15(20)19-4-2-3-5-19)23-16(21)17-7-13-6-14(8-17)10-18(22,9-13)11-17/h12-14,22H,2-11H2,1H3/t12-,13-,14+,17?,18?/m0/s1. The number of aliphatic hydroxyl groups is 1. The number of carbonyl (C=O) groups is 2. The number of esters is 1. The number of carbonyl (C=O) groups excluding carboxylic acids is 2. The normalized spacial score (nSPS) is 42.8. The Labute approximate surface area is 137 Å². The molecular weight excluding hydrogens is 294 g/mol. The van der Waals surface area contributed by atoms with E-state index in [9.17, 15) is 14.7 Å². The highest BCUT2D eigenvalue weighted by molar-refractivity contribution is 5.85. The van der Waals surface area contributed by atoms with E-state index in [-0.39, 0.29) is 11.9 Å². The van der Waals surface area contributed by atoms with Crippen LogP contribution >= 0.6 is 0 Å². The number of amides is 1. The van der Waals surface area contributed by atoms with Gasteiger partial charge in [-0.25, -0.2) is 0 Å². The van der Waals surface area contributed by atoms with Gasteiger partial charge in [-0.15, -0.1) is 0 Å². The fourth-order valence-corrected chi connectivity index (χ4v) is 5.98. The minimum absolute atomic E-state index is 0.0701. The molecule has 4 saturated carbocycles. The summed E-state index contributed by atoms with van der Waals surface area (Å²) in [6.45, 7) is 3.24. The van der Waals surface area contributed by atoms with Crippen LogP contribution in [-0.4, -0.2) is 46.7 Å². The van der Waals surface area contributed by atoms with Crippen LogP contribution < -0.4 is 0 Å². The number of hydrogen-bond donors (Lipinski definition) is 1. The van der Waals surface area contributed by atoms with Gasteiger partial charge >= 0.3 is 5.97 Å². The Hall–Kier alpha value is -1.10. The molecule has 1 aliphatic heterocycles. The third kappa shape index (κ3) is 2.57. The minimum atomic E-state index is -0.705. The van der Waals surface area contributed by atoms with E-state index in [2.05, 4.69) is 0 Å². The summed E-state index contributed by atoms with van der Waals surface area (Å²) in [4.78, 5) is 27.0. The molecule has 5 heteroatoms. The molecule has 1 N–H and O–H groups in total. The molecule has 0 aromatic rings. The lowest BCUT2D eigenvalue weighted by atomic mass is 9.48. The summed E-state index contributed by atoms with van der Waals surface area (Å²) in [6, 6.07) is 0. The maximum Gasteiger partial charge on any atom is 0.312 e. The van der Waals surface area contributed by atoms with Crippen LogP contribution in [0.1, 0.15) is 58.3 Å². The molecule has 0 radical (unpaired) electrons. The van der Waals surface area contributed by atoms with Crippen LogP contribution in [0, 0.1) is 17.3 Å². The molecule has 0 aromatic heterocycles. The summed E-state index contributed by atoms with van der Waals surface area (Å²) in [5, 5.41) is 10.7. The molecule has 23 heavy (non-hydrogen) atoms. The topological polar surface area (TPSA) is 66.8 Å². The molecule has 2 unspecified atom stereocenters. The minimum Gasteiger partial charge on any atom is -0.452 e. The summed E-state index contributed by atoms with van der Waals surface area (Å²) < 4.78 is 5.61. The van der Waals surface area contributed by atoms with Crippen molar-refractivity contribution in [2.45, 2.75) is 70.0 Å². The van der Waals surface area contributed by atoms with E-state index in [1.807, 2.05) is 0 Å². The monoisotopic (exact) mass is 321 g/mol. The predicted molar refractivity (Wildman–Crippen MR) is 83.4 cm³/mol. The molecule has 5 aliphatic rings. The lowest BCUT2D eigenvalue weighted by molar-refractivity contribution is -0.200. The summed E-state index contributed by atoms with van der Waals surface area (Å²) in [7, 11) is 0. The van der Waals surface area contributed by atoms with Gasteiger partial charge in [0.25, 0.3) is 5.91 Å². The van der Waals surface area contributed by atoms with Gasteiger partial charge in [-0.2, -0.15) is 0 Å². The van der Waals surface area contributed by atoms with Crippen LogP contribution in [0.15, 0.2) is 0 Å². The molecule has 1 heterocycles. The third-order valence-corrected chi connectivity index (χ3v) is 6.51. The maximum absolute atomic E-state index is 12.9. The lowest BCUT2D eigenvalue weighted by Crippen LogP contribution is -2.59. The van der Waals surface area contributed by atoms with Gasteiger partial charge in [-0.3, -0.25) is 9.59 Å². The van der Waals surface area contributed by atoms with Crippen molar-refractivity contribution < 1.29 is 19.4 Å². The first-order valence-corrected chi connectivity index (χ1v) is 9.11. The molecule has 5 rings (SSSR count). The molecular formula is C18H27NO4. The molecule has 5 fully saturated rings. The van der Waals surface area contributed by atoms with E-state index in [1.165, 1.54) is 0 Å². The average Bonchev–Trinajstić information content (AvgIpc) is 2.97. The van der Waals surface area contributed by atoms with Crippen molar-refractivity contribution in [1.82, 2.24) is 4.90 Å². The lowest BCUT2D eigenvalue weighted by Gasteiger charge is -2.58. The molecule has 4 aliphatic carbocycles. The number of likely N-dealkylation sites (tertiary alicyclic amines) is 1. The molecule has 128 valence electrons. The van der Waals surface area contributed by atoms with Crippen molar-refractivity contribution in [1.29, 1.82) is 0 Å². The van der Waals surface area contributed by atoms with Crippen LogP contribution in [0.2, 0.25) is 0 Å². The molecule has 4 bridgehead atoms. The van der Waals surface area contributed by atoms with Crippen molar-refractivity contribution in [3.05, 3.63) is 0 Å². The maximum atomic E-state index is 12.9. The summed E-state index contributed by atoms with van der Waals surface area (Å²) >= 11 is 0. The van der Waals surface area contributed by atoms with Crippen molar-refractivity contribution in [3.63, 3.8) is 0 Å². The molecule has 5 nitrogen and oxygen atoms in total. The van der Waals surface area contributed by atoms with Crippen LogP contribution in [0.3, 0.4) is 0 Å². The van der Waals surface area contributed by atoms with Crippen LogP contribution in [0.25, 0.3) is 0 Å². The molecule has 1 amide bonds. The largest absolute Gasteiger partial charge is 0.452 e. The number of nitrogens with zero attached hydrogens (tertiary/aromatic N) is 1. The molecule has 5 atom stereocenters. The van der Waals surface area contributed by atoms with E-state index in [0.717, 1.165) is 58.0 Å². The zero-order valence-corrected chi connectivity index (χ0v) is 13.9. The number of ether oxygens (including phenoxy) is 1. The van der Waals surface area contributed by atoms with E-state index < -0.39 is 17.1 Å². The highest BCUT2D eigenvalue weighted by Gasteiger charge is 2.61. The number of rotatable bonds is 3. The highest BCUT2D eigenvalue weighted by Crippen LogP contribution is 2.62. The molecule has 0 aromatic carbocycles. The fourth-order valence-electron chi connectivity index (χ4n) is 5.98. The van der Waals surface area contributed by atoms with Crippen LogP contribution in [0.5, 0.6) is 0 Å². The SMILES string of the molecule is C[C@H](OC(=O)C12C[C@@H]3C[C@@H](CC(O)(C3)C1)C2)C(=O)N1CCCC1. The van der Waals surface area contributed by atoms with E-state index in [1.54, 1.807) is 11.8 Å². The Kier molecular flexibility index (Phi) is 3.49. The van der Waals surface area contributed by atoms with E-state index in [4.69, 9.17) is 4.74 Å². The van der Waals surface area contributed by atoms with E-state index in [0.29, 0.717) is 18.3 Å². The third-order valence-electron chi connectivity index (χ3n) is 6.51. The van der Waals surface area contributed by atoms with Gasteiger partial charge < -0.3 is 14.7 Å². The smallest absolute Gasteiger partial charge is 0.312 e. The number of hydrogen-bond acceptors (Lipinski definition) is 4. The zero-order valence-electron chi connectivity index (χ0n) is 13.9. The van der Waals surface area contributed by atoms with Crippen molar-refractivity contribution in [2.24, 2.45) is 17.3 Å². The van der Waals surface area contributed by atoms with Gasteiger partial charge in [-0.05, 0) is 70.1 Å². The Balaban J connectivity index is 1.45. The first-order valence-electron chi connectivity index (χ1n) is 9.11. The van der Waals surface area contributed by atoms with Gasteiger partial charge in [0.05, 0.1) is 11.0 Å². The second-order valence-electron chi connectivity index (χ2n) is 8.55. The van der Waals surface area contributed by atoms with Gasteiger partial charge in [0, 0.05) is 13.1 Å². The Morgan fingerprint density at radius 2 is 1.74 bits per heavy atom. The van der Waals surface area contributed by atoms with Gasteiger partial charge in [0.1, 0.15) is 0 Å². The fraction of sp³-hybridized carbons (Fsp3) is 0.889. The van der Waals surface area contributed by atoms with Crippen molar-refractivity contribution in [2.75, 3.05) is 13.1 Å². The first-order chi connectivity index (χ1) is 10.9. The average molecular weight is 321 g/mol. The second kappa shape index (κ2) is 5.20. The summed E-state index contributed by atoms with van der Waals surface area (Å²) in [5.41, 5.74) is -1.22. The van der Waals surface area contributed by atoms with Crippen molar-refractivity contribution in [3.8, 4) is 0 Å². The van der Waals surface area contributed by atoms with Crippen molar-refractivity contribution >= 4 is 11.9 Å². The van der Waals surface area contributed by atoms with Gasteiger partial charge in [-0.1, -0.05) is 0 Å². The highest BCUT2D eigenvalue weighted by atomic mass is 16.5. The quantitative estimate of drug-likeness (QED) is 0.806. The Morgan fingerprint density at radius 3 is 2.30 bits per heavy atom. The van der Waals surface area contributed by atoms with Gasteiger partial charge in [0.15, 0.2) is 6.10 Å².